The number of aromatic nitrogens is 2. The Balaban J connectivity index is 2.62. The number of hydrogen-bond acceptors (Lipinski definition) is 4. The summed E-state index contributed by atoms with van der Waals surface area (Å²) in [6.45, 7) is 6.05. The molecule has 0 N–H and O–H groups in total. The zero-order valence-electron chi connectivity index (χ0n) is 12.3. The second kappa shape index (κ2) is 6.68. The van der Waals surface area contributed by atoms with E-state index in [0.717, 1.165) is 0 Å². The van der Waals surface area contributed by atoms with Gasteiger partial charge in [-0.15, -0.1) is 0 Å². The van der Waals surface area contributed by atoms with Crippen molar-refractivity contribution >= 4 is 17.6 Å². The number of benzene rings is 1. The number of hydrogen-bond donors (Lipinski definition) is 0. The van der Waals surface area contributed by atoms with Gasteiger partial charge in [0.05, 0.1) is 12.3 Å². The third-order valence-electron chi connectivity index (χ3n) is 2.95. The van der Waals surface area contributed by atoms with E-state index >= 15 is 0 Å². The summed E-state index contributed by atoms with van der Waals surface area (Å²) in [7, 11) is 0. The summed E-state index contributed by atoms with van der Waals surface area (Å²) in [5.74, 6) is 0.378. The fourth-order valence-electron chi connectivity index (χ4n) is 1.89. The molecule has 2 rings (SSSR count). The van der Waals surface area contributed by atoms with Crippen molar-refractivity contribution in [1.82, 2.24) is 9.97 Å². The molecule has 0 spiro atoms. The van der Waals surface area contributed by atoms with E-state index in [4.69, 9.17) is 16.3 Å². The predicted molar refractivity (Wildman–Crippen MR) is 82.5 cm³/mol. The molecule has 110 valence electrons. The predicted octanol–water partition coefficient (Wildman–Crippen LogP) is 4.10. The average molecular weight is 305 g/mol. The Hall–Kier alpha value is -1.94. The van der Waals surface area contributed by atoms with Crippen LogP contribution < -0.4 is 0 Å². The summed E-state index contributed by atoms with van der Waals surface area (Å²) in [6, 6.07) is 7.29. The second-order valence-electron chi connectivity index (χ2n) is 4.85. The monoisotopic (exact) mass is 304 g/mol. The first-order valence-electron chi connectivity index (χ1n) is 6.83. The van der Waals surface area contributed by atoms with Gasteiger partial charge in [-0.25, -0.2) is 14.8 Å². The third kappa shape index (κ3) is 3.39. The van der Waals surface area contributed by atoms with Crippen LogP contribution in [0.15, 0.2) is 30.5 Å². The van der Waals surface area contributed by atoms with Gasteiger partial charge in [0.2, 0.25) is 0 Å². The molecule has 0 aliphatic rings. The van der Waals surface area contributed by atoms with Crippen molar-refractivity contribution in [3.63, 3.8) is 0 Å². The maximum Gasteiger partial charge on any atom is 0.341 e. The van der Waals surface area contributed by atoms with Gasteiger partial charge in [0.25, 0.3) is 0 Å². The van der Waals surface area contributed by atoms with Gasteiger partial charge >= 0.3 is 5.97 Å². The normalized spacial score (nSPS) is 10.7. The molecule has 0 radical (unpaired) electrons. The van der Waals surface area contributed by atoms with Crippen molar-refractivity contribution in [1.29, 1.82) is 0 Å². The van der Waals surface area contributed by atoms with Crippen LogP contribution in [0.1, 0.15) is 42.9 Å². The lowest BCUT2D eigenvalue weighted by Gasteiger charge is -2.12. The molecule has 0 saturated heterocycles. The van der Waals surface area contributed by atoms with Crippen LogP contribution in [0.25, 0.3) is 11.3 Å². The standard InChI is InChI=1S/C16H17ClN2O2/c1-4-21-16(20)12-9-18-15(10(2)3)19-14(12)11-7-5-6-8-13(11)17/h5-10H,4H2,1-3H3. The molecule has 0 bridgehead atoms. The van der Waals surface area contributed by atoms with Crippen LogP contribution >= 0.6 is 11.6 Å². The topological polar surface area (TPSA) is 52.1 Å². The first kappa shape index (κ1) is 15.4. The van der Waals surface area contributed by atoms with Crippen molar-refractivity contribution in [2.45, 2.75) is 26.7 Å². The molecular formula is C16H17ClN2O2. The first-order valence-corrected chi connectivity index (χ1v) is 7.21. The van der Waals surface area contributed by atoms with Crippen molar-refractivity contribution < 1.29 is 9.53 Å². The van der Waals surface area contributed by atoms with Gasteiger partial charge in [-0.2, -0.15) is 0 Å². The van der Waals surface area contributed by atoms with Crippen LogP contribution in [0, 0.1) is 0 Å². The van der Waals surface area contributed by atoms with E-state index in [9.17, 15) is 4.79 Å². The van der Waals surface area contributed by atoms with Crippen LogP contribution in [0.5, 0.6) is 0 Å². The number of esters is 1. The molecule has 0 aliphatic heterocycles. The number of rotatable bonds is 4. The van der Waals surface area contributed by atoms with E-state index in [-0.39, 0.29) is 5.92 Å². The van der Waals surface area contributed by atoms with Gasteiger partial charge in [-0.05, 0) is 13.0 Å². The van der Waals surface area contributed by atoms with Gasteiger partial charge < -0.3 is 4.74 Å². The van der Waals surface area contributed by atoms with E-state index < -0.39 is 5.97 Å². The first-order chi connectivity index (χ1) is 10.0. The minimum absolute atomic E-state index is 0.155. The van der Waals surface area contributed by atoms with Crippen LogP contribution in [0.2, 0.25) is 5.02 Å². The molecule has 21 heavy (non-hydrogen) atoms. The number of ether oxygens (including phenoxy) is 1. The van der Waals surface area contributed by atoms with Gasteiger partial charge in [0, 0.05) is 22.7 Å². The maximum atomic E-state index is 12.1. The average Bonchev–Trinajstić information content (AvgIpc) is 2.47. The van der Waals surface area contributed by atoms with E-state index in [1.807, 2.05) is 32.0 Å². The van der Waals surface area contributed by atoms with Gasteiger partial charge in [-0.1, -0.05) is 43.6 Å². The summed E-state index contributed by atoms with van der Waals surface area (Å²) < 4.78 is 5.07. The lowest BCUT2D eigenvalue weighted by Crippen LogP contribution is -2.11. The lowest BCUT2D eigenvalue weighted by molar-refractivity contribution is 0.0526. The largest absolute Gasteiger partial charge is 0.462 e. The molecule has 0 atom stereocenters. The Morgan fingerprint density at radius 3 is 2.67 bits per heavy atom. The quantitative estimate of drug-likeness (QED) is 0.798. The van der Waals surface area contributed by atoms with E-state index in [0.29, 0.717) is 34.3 Å². The fraction of sp³-hybridized carbons (Fsp3) is 0.312. The Morgan fingerprint density at radius 2 is 2.05 bits per heavy atom. The van der Waals surface area contributed by atoms with Crippen molar-refractivity contribution in [3.8, 4) is 11.3 Å². The van der Waals surface area contributed by atoms with Crippen molar-refractivity contribution in [2.24, 2.45) is 0 Å². The summed E-state index contributed by atoms with van der Waals surface area (Å²) in [5.41, 5.74) is 1.54. The zero-order chi connectivity index (χ0) is 15.4. The molecule has 0 fully saturated rings. The van der Waals surface area contributed by atoms with E-state index in [2.05, 4.69) is 9.97 Å². The van der Waals surface area contributed by atoms with Gasteiger partial charge in [-0.3, -0.25) is 0 Å². The Labute approximate surface area is 129 Å². The molecule has 1 aromatic heterocycles. The summed E-state index contributed by atoms with van der Waals surface area (Å²) in [5, 5.41) is 0.538. The highest BCUT2D eigenvalue weighted by molar-refractivity contribution is 6.33. The molecule has 1 aromatic carbocycles. The molecule has 0 unspecified atom stereocenters. The minimum Gasteiger partial charge on any atom is -0.462 e. The SMILES string of the molecule is CCOC(=O)c1cnc(C(C)C)nc1-c1ccccc1Cl. The van der Waals surface area contributed by atoms with Gasteiger partial charge in [0.1, 0.15) is 11.4 Å². The maximum absolute atomic E-state index is 12.1. The van der Waals surface area contributed by atoms with E-state index in [1.165, 1.54) is 6.20 Å². The fourth-order valence-corrected chi connectivity index (χ4v) is 2.12. The molecule has 5 heteroatoms. The molecule has 0 saturated carbocycles. The highest BCUT2D eigenvalue weighted by atomic mass is 35.5. The lowest BCUT2D eigenvalue weighted by atomic mass is 10.1. The third-order valence-corrected chi connectivity index (χ3v) is 3.28. The molecule has 1 heterocycles. The van der Waals surface area contributed by atoms with Crippen LogP contribution in [0.4, 0.5) is 0 Å². The highest BCUT2D eigenvalue weighted by Crippen LogP contribution is 2.29. The summed E-state index contributed by atoms with van der Waals surface area (Å²) >= 11 is 6.23. The molecular weight excluding hydrogens is 288 g/mol. The highest BCUT2D eigenvalue weighted by Gasteiger charge is 2.19. The Morgan fingerprint density at radius 1 is 1.33 bits per heavy atom. The summed E-state index contributed by atoms with van der Waals surface area (Å²) in [4.78, 5) is 20.8. The zero-order valence-corrected chi connectivity index (χ0v) is 13.0. The molecule has 2 aromatic rings. The van der Waals surface area contributed by atoms with Crippen molar-refractivity contribution in [3.05, 3.63) is 46.9 Å². The van der Waals surface area contributed by atoms with Gasteiger partial charge in [0.15, 0.2) is 0 Å². The number of carbonyl (C=O) groups is 1. The number of halogens is 1. The molecule has 0 aliphatic carbocycles. The molecule has 4 nitrogen and oxygen atoms in total. The van der Waals surface area contributed by atoms with Crippen molar-refractivity contribution in [2.75, 3.05) is 6.61 Å². The number of nitrogens with zero attached hydrogens (tertiary/aromatic N) is 2. The van der Waals surface area contributed by atoms with Crippen LogP contribution in [-0.2, 0) is 4.74 Å². The number of carbonyl (C=O) groups excluding carboxylic acids is 1. The Kier molecular flexibility index (Phi) is 4.91. The second-order valence-corrected chi connectivity index (χ2v) is 5.25. The summed E-state index contributed by atoms with van der Waals surface area (Å²) in [6.07, 6.45) is 1.51. The smallest absolute Gasteiger partial charge is 0.341 e. The minimum atomic E-state index is -0.442. The molecule has 0 amide bonds. The van der Waals surface area contributed by atoms with Crippen LogP contribution in [0.3, 0.4) is 0 Å². The Bertz CT molecular complexity index is 656. The van der Waals surface area contributed by atoms with E-state index in [1.54, 1.807) is 13.0 Å². The van der Waals surface area contributed by atoms with Crippen LogP contribution in [-0.4, -0.2) is 22.5 Å².